The van der Waals surface area contributed by atoms with Crippen molar-refractivity contribution in [2.45, 2.75) is 51.0 Å². The van der Waals surface area contributed by atoms with Crippen molar-refractivity contribution in [1.29, 1.82) is 0 Å². The summed E-state index contributed by atoms with van der Waals surface area (Å²) < 4.78 is 5.24. The van der Waals surface area contributed by atoms with Gasteiger partial charge in [0, 0.05) is 19.5 Å². The fourth-order valence-corrected chi connectivity index (χ4v) is 2.67. The summed E-state index contributed by atoms with van der Waals surface area (Å²) in [5.74, 6) is -0.356. The number of aliphatic hydroxyl groups is 2. The molecule has 1 aromatic carbocycles. The van der Waals surface area contributed by atoms with Crippen LogP contribution in [0.3, 0.4) is 0 Å². The molecule has 0 saturated carbocycles. The number of hydrogen-bond donors (Lipinski definition) is 3. The molecule has 1 aliphatic rings. The second kappa shape index (κ2) is 7.84. The van der Waals surface area contributed by atoms with Gasteiger partial charge in [-0.15, -0.1) is 0 Å². The number of amides is 2. The Labute approximate surface area is 147 Å². The first-order valence-electron chi connectivity index (χ1n) is 8.34. The summed E-state index contributed by atoms with van der Waals surface area (Å²) in [4.78, 5) is 26.2. The Morgan fingerprint density at radius 1 is 1.20 bits per heavy atom. The molecule has 1 aliphatic heterocycles. The number of rotatable bonds is 4. The van der Waals surface area contributed by atoms with Crippen LogP contribution in [0, 0.1) is 0 Å². The first-order valence-corrected chi connectivity index (χ1v) is 8.34. The molecule has 0 aliphatic carbocycles. The maximum atomic E-state index is 12.8. The van der Waals surface area contributed by atoms with E-state index in [-0.39, 0.29) is 19.0 Å². The average molecular weight is 350 g/mol. The van der Waals surface area contributed by atoms with Gasteiger partial charge in [0.2, 0.25) is 5.91 Å². The second-order valence-corrected chi connectivity index (χ2v) is 7.27. The van der Waals surface area contributed by atoms with Crippen molar-refractivity contribution in [2.24, 2.45) is 0 Å². The maximum absolute atomic E-state index is 12.8. The van der Waals surface area contributed by atoms with Gasteiger partial charge in [0.05, 0.1) is 12.2 Å². The van der Waals surface area contributed by atoms with Gasteiger partial charge in [-0.05, 0) is 26.3 Å². The lowest BCUT2D eigenvalue weighted by Gasteiger charge is -2.26. The maximum Gasteiger partial charge on any atom is 0.408 e. The number of benzene rings is 1. The SMILES string of the molecule is CC(C)(C)OC(=O)NC(Cc1ccccc1)C(=O)N1C[C@H](O)[C@@H](O)C1. The van der Waals surface area contributed by atoms with Crippen LogP contribution in [0.2, 0.25) is 0 Å². The number of alkyl carbamates (subject to hydrolysis) is 1. The molecule has 0 spiro atoms. The summed E-state index contributed by atoms with van der Waals surface area (Å²) in [6.45, 7) is 5.32. The van der Waals surface area contributed by atoms with Crippen LogP contribution in [0.25, 0.3) is 0 Å². The van der Waals surface area contributed by atoms with E-state index in [1.54, 1.807) is 20.8 Å². The Morgan fingerprint density at radius 2 is 1.76 bits per heavy atom. The monoisotopic (exact) mass is 350 g/mol. The predicted octanol–water partition coefficient (Wildman–Crippen LogP) is 0.686. The summed E-state index contributed by atoms with van der Waals surface area (Å²) in [7, 11) is 0. The van der Waals surface area contributed by atoms with E-state index >= 15 is 0 Å². The van der Waals surface area contributed by atoms with E-state index in [0.29, 0.717) is 6.42 Å². The third kappa shape index (κ3) is 5.72. The number of nitrogens with zero attached hydrogens (tertiary/aromatic N) is 1. The third-order valence-electron chi connectivity index (χ3n) is 3.84. The molecule has 1 aromatic rings. The number of ether oxygens (including phenoxy) is 1. The van der Waals surface area contributed by atoms with Crippen LogP contribution in [-0.4, -0.2) is 64.1 Å². The highest BCUT2D eigenvalue weighted by Crippen LogP contribution is 2.14. The summed E-state index contributed by atoms with van der Waals surface area (Å²) in [5.41, 5.74) is 0.210. The minimum absolute atomic E-state index is 0.0429. The molecule has 7 nitrogen and oxygen atoms in total. The van der Waals surface area contributed by atoms with Crippen LogP contribution >= 0.6 is 0 Å². The Hall–Kier alpha value is -2.12. The summed E-state index contributed by atoms with van der Waals surface area (Å²) >= 11 is 0. The van der Waals surface area contributed by atoms with E-state index in [4.69, 9.17) is 4.74 Å². The summed E-state index contributed by atoms with van der Waals surface area (Å²) in [5, 5.41) is 21.9. The number of nitrogens with one attached hydrogen (secondary N) is 1. The lowest BCUT2D eigenvalue weighted by molar-refractivity contribution is -0.133. The Bertz CT molecular complexity index is 589. The zero-order valence-electron chi connectivity index (χ0n) is 14.8. The third-order valence-corrected chi connectivity index (χ3v) is 3.84. The quantitative estimate of drug-likeness (QED) is 0.742. The highest BCUT2D eigenvalue weighted by Gasteiger charge is 2.36. The van der Waals surface area contributed by atoms with Crippen LogP contribution < -0.4 is 5.32 Å². The standard InChI is InChI=1S/C18H26N2O5/c1-18(2,3)25-17(24)19-13(9-12-7-5-4-6-8-12)16(23)20-10-14(21)15(22)11-20/h4-8,13-15,21-22H,9-11H2,1-3H3,(H,19,24)/t13?,14-,15-/m0/s1. The van der Waals surface area contributed by atoms with Crippen molar-refractivity contribution in [2.75, 3.05) is 13.1 Å². The minimum Gasteiger partial charge on any atom is -0.444 e. The molecular weight excluding hydrogens is 324 g/mol. The van der Waals surface area contributed by atoms with Gasteiger partial charge in [0.1, 0.15) is 11.6 Å². The molecular formula is C18H26N2O5. The number of likely N-dealkylation sites (tertiary alicyclic amines) is 1. The molecule has 1 unspecified atom stereocenters. The number of hydrogen-bond acceptors (Lipinski definition) is 5. The van der Waals surface area contributed by atoms with Crippen molar-refractivity contribution >= 4 is 12.0 Å². The lowest BCUT2D eigenvalue weighted by Crippen LogP contribution is -2.50. The molecule has 138 valence electrons. The molecule has 0 bridgehead atoms. The largest absolute Gasteiger partial charge is 0.444 e. The minimum atomic E-state index is -0.970. The van der Waals surface area contributed by atoms with Crippen molar-refractivity contribution in [3.05, 3.63) is 35.9 Å². The number of β-amino-alcohol motifs (C(OH)–C–C–N with tert-alkyl or cyclic N) is 2. The van der Waals surface area contributed by atoms with Crippen LogP contribution in [0.5, 0.6) is 0 Å². The van der Waals surface area contributed by atoms with E-state index in [1.807, 2.05) is 30.3 Å². The summed E-state index contributed by atoms with van der Waals surface area (Å²) in [6, 6.07) is 8.47. The molecule has 1 fully saturated rings. The van der Waals surface area contributed by atoms with Crippen LogP contribution in [0.4, 0.5) is 4.79 Å². The van der Waals surface area contributed by atoms with Crippen LogP contribution in [-0.2, 0) is 16.0 Å². The first kappa shape index (κ1) is 19.2. The number of carbonyl (C=O) groups is 2. The molecule has 2 amide bonds. The molecule has 0 radical (unpaired) electrons. The zero-order valence-corrected chi connectivity index (χ0v) is 14.8. The predicted molar refractivity (Wildman–Crippen MR) is 91.9 cm³/mol. The van der Waals surface area contributed by atoms with Crippen LogP contribution in [0.15, 0.2) is 30.3 Å². The van der Waals surface area contributed by atoms with E-state index in [1.165, 1.54) is 4.90 Å². The van der Waals surface area contributed by atoms with Gasteiger partial charge in [-0.2, -0.15) is 0 Å². The van der Waals surface area contributed by atoms with Crippen LogP contribution in [0.1, 0.15) is 26.3 Å². The van der Waals surface area contributed by atoms with Gasteiger partial charge in [0.15, 0.2) is 0 Å². The molecule has 3 N–H and O–H groups in total. The Kier molecular flexibility index (Phi) is 6.02. The van der Waals surface area contributed by atoms with E-state index < -0.39 is 29.9 Å². The van der Waals surface area contributed by atoms with Crippen molar-refractivity contribution in [3.8, 4) is 0 Å². The summed E-state index contributed by atoms with van der Waals surface area (Å²) in [6.07, 6.45) is -2.32. The number of aliphatic hydroxyl groups excluding tert-OH is 2. The smallest absolute Gasteiger partial charge is 0.408 e. The fraction of sp³-hybridized carbons (Fsp3) is 0.556. The van der Waals surface area contributed by atoms with Crippen molar-refractivity contribution in [1.82, 2.24) is 10.2 Å². The van der Waals surface area contributed by atoms with E-state index in [9.17, 15) is 19.8 Å². The zero-order chi connectivity index (χ0) is 18.6. The first-order chi connectivity index (χ1) is 11.7. The lowest BCUT2D eigenvalue weighted by atomic mass is 10.0. The van der Waals surface area contributed by atoms with Gasteiger partial charge in [-0.3, -0.25) is 4.79 Å². The molecule has 2 rings (SSSR count). The Morgan fingerprint density at radius 3 is 2.28 bits per heavy atom. The molecule has 1 heterocycles. The highest BCUT2D eigenvalue weighted by atomic mass is 16.6. The van der Waals surface area contributed by atoms with Crippen molar-refractivity contribution in [3.63, 3.8) is 0 Å². The molecule has 0 aromatic heterocycles. The average Bonchev–Trinajstić information content (AvgIpc) is 2.84. The topological polar surface area (TPSA) is 99.1 Å². The number of carbonyl (C=O) groups excluding carboxylic acids is 2. The highest BCUT2D eigenvalue weighted by molar-refractivity contribution is 5.86. The molecule has 7 heteroatoms. The van der Waals surface area contributed by atoms with Crippen molar-refractivity contribution < 1.29 is 24.5 Å². The van der Waals surface area contributed by atoms with Gasteiger partial charge >= 0.3 is 6.09 Å². The second-order valence-electron chi connectivity index (χ2n) is 7.27. The van der Waals surface area contributed by atoms with Gasteiger partial charge in [-0.25, -0.2) is 4.79 Å². The fourth-order valence-electron chi connectivity index (χ4n) is 2.67. The molecule has 1 saturated heterocycles. The van der Waals surface area contributed by atoms with Gasteiger partial charge in [0.25, 0.3) is 0 Å². The Balaban J connectivity index is 2.11. The van der Waals surface area contributed by atoms with Gasteiger partial charge < -0.3 is 25.2 Å². The molecule has 25 heavy (non-hydrogen) atoms. The van der Waals surface area contributed by atoms with E-state index in [2.05, 4.69) is 5.32 Å². The normalized spacial score (nSPS) is 21.7. The van der Waals surface area contributed by atoms with Gasteiger partial charge in [-0.1, -0.05) is 30.3 Å². The molecule has 3 atom stereocenters. The van der Waals surface area contributed by atoms with E-state index in [0.717, 1.165) is 5.56 Å².